The van der Waals surface area contributed by atoms with Crippen LogP contribution >= 0.6 is 11.8 Å². The van der Waals surface area contributed by atoms with Crippen LogP contribution in [-0.4, -0.2) is 37.6 Å². The predicted octanol–water partition coefficient (Wildman–Crippen LogP) is 2.97. The van der Waals surface area contributed by atoms with E-state index in [-0.39, 0.29) is 10.6 Å². The molecule has 1 saturated heterocycles. The minimum absolute atomic E-state index is 0.0482. The number of imidazole rings is 1. The number of benzene rings is 2. The summed E-state index contributed by atoms with van der Waals surface area (Å²) in [6.45, 7) is -0.743. The first kappa shape index (κ1) is 22.4. The van der Waals surface area contributed by atoms with Crippen molar-refractivity contribution >= 4 is 51.6 Å². The van der Waals surface area contributed by atoms with Crippen LogP contribution in [0.1, 0.15) is 5.56 Å². The van der Waals surface area contributed by atoms with Gasteiger partial charge < -0.3 is 5.32 Å². The van der Waals surface area contributed by atoms with Crippen molar-refractivity contribution in [3.63, 3.8) is 0 Å². The van der Waals surface area contributed by atoms with Crippen molar-refractivity contribution in [1.29, 1.82) is 0 Å². The number of nitrogens with zero attached hydrogens (tertiary/aromatic N) is 3. The number of halogens is 3. The molecule has 170 valence electrons. The standard InChI is InChI=1S/C21H15F3N4O4S/c1-26-13-6-3-10(7-14(13)27(2)20(26)31)8-15-19(30)28(21(32)33-15)9-16(29)25-12-5-4-11(22)17(23)18(12)24/h3-8H,9H2,1-2H3,(H,25,29)/b15-8+. The number of imide groups is 1. The number of carbonyl (C=O) groups is 3. The van der Waals surface area contributed by atoms with Gasteiger partial charge in [0, 0.05) is 14.1 Å². The van der Waals surface area contributed by atoms with E-state index in [0.29, 0.717) is 39.3 Å². The number of thioether (sulfide) groups is 1. The smallest absolute Gasteiger partial charge is 0.322 e. The van der Waals surface area contributed by atoms with Gasteiger partial charge in [-0.15, -0.1) is 0 Å². The highest BCUT2D eigenvalue weighted by molar-refractivity contribution is 8.18. The van der Waals surface area contributed by atoms with Crippen LogP contribution in [0.5, 0.6) is 0 Å². The molecular formula is C21H15F3N4O4S. The third-order valence-corrected chi connectivity index (χ3v) is 5.99. The summed E-state index contributed by atoms with van der Waals surface area (Å²) in [6, 6.07) is 6.52. The van der Waals surface area contributed by atoms with E-state index >= 15 is 0 Å². The number of rotatable bonds is 4. The second-order valence-corrected chi connectivity index (χ2v) is 8.18. The number of hydrogen-bond acceptors (Lipinski definition) is 5. The number of hydrogen-bond donors (Lipinski definition) is 1. The molecule has 0 saturated carbocycles. The van der Waals surface area contributed by atoms with Gasteiger partial charge >= 0.3 is 5.69 Å². The van der Waals surface area contributed by atoms with E-state index in [9.17, 15) is 32.3 Å². The molecule has 2 aromatic carbocycles. The van der Waals surface area contributed by atoms with Crippen LogP contribution in [0.3, 0.4) is 0 Å². The molecule has 3 amide bonds. The third-order valence-electron chi connectivity index (χ3n) is 5.08. The second kappa shape index (κ2) is 8.28. The van der Waals surface area contributed by atoms with E-state index in [1.165, 1.54) is 15.2 Å². The fourth-order valence-electron chi connectivity index (χ4n) is 3.36. The molecule has 2 heterocycles. The SMILES string of the molecule is Cn1c(=O)n(C)c2cc(/C=C3/SC(=O)N(CC(=O)Nc4ccc(F)c(F)c4F)C3=O)ccc21. The summed E-state index contributed by atoms with van der Waals surface area (Å²) >= 11 is 0.612. The number of aryl methyl sites for hydroxylation is 2. The Morgan fingerprint density at radius 1 is 1.00 bits per heavy atom. The molecule has 4 rings (SSSR count). The van der Waals surface area contributed by atoms with Crippen molar-refractivity contribution in [3.8, 4) is 0 Å². The molecule has 1 aromatic heterocycles. The monoisotopic (exact) mass is 476 g/mol. The Morgan fingerprint density at radius 2 is 1.70 bits per heavy atom. The Balaban J connectivity index is 1.53. The van der Waals surface area contributed by atoms with E-state index in [2.05, 4.69) is 0 Å². The molecule has 3 aromatic rings. The molecule has 0 radical (unpaired) electrons. The van der Waals surface area contributed by atoms with Gasteiger partial charge in [-0.05, 0) is 47.7 Å². The van der Waals surface area contributed by atoms with Crippen LogP contribution in [0.15, 0.2) is 40.0 Å². The number of nitrogens with one attached hydrogen (secondary N) is 1. The molecule has 1 aliphatic rings. The van der Waals surface area contributed by atoms with Crippen molar-refractivity contribution in [2.45, 2.75) is 0 Å². The van der Waals surface area contributed by atoms with Gasteiger partial charge in [0.15, 0.2) is 17.5 Å². The Labute approximate surface area is 188 Å². The van der Waals surface area contributed by atoms with Gasteiger partial charge in [0.25, 0.3) is 11.1 Å². The summed E-state index contributed by atoms with van der Waals surface area (Å²) in [7, 11) is 3.24. The van der Waals surface area contributed by atoms with Gasteiger partial charge in [-0.2, -0.15) is 0 Å². The molecule has 0 atom stereocenters. The number of anilines is 1. The van der Waals surface area contributed by atoms with Crippen molar-refractivity contribution < 1.29 is 27.6 Å². The molecule has 0 unspecified atom stereocenters. The Morgan fingerprint density at radius 3 is 2.42 bits per heavy atom. The molecule has 1 N–H and O–H groups in total. The maximum Gasteiger partial charge on any atom is 0.328 e. The average molecular weight is 476 g/mol. The van der Waals surface area contributed by atoms with E-state index in [0.717, 1.165) is 6.07 Å². The predicted molar refractivity (Wildman–Crippen MR) is 116 cm³/mol. The zero-order valence-electron chi connectivity index (χ0n) is 17.2. The highest BCUT2D eigenvalue weighted by Crippen LogP contribution is 2.32. The minimum atomic E-state index is -1.75. The van der Waals surface area contributed by atoms with Crippen LogP contribution in [0.4, 0.5) is 23.7 Å². The molecule has 1 fully saturated rings. The first-order valence-corrected chi connectivity index (χ1v) is 10.2. The Bertz CT molecular complexity index is 1440. The van der Waals surface area contributed by atoms with Crippen LogP contribution in [-0.2, 0) is 23.7 Å². The summed E-state index contributed by atoms with van der Waals surface area (Å²) in [4.78, 5) is 49.9. The van der Waals surface area contributed by atoms with Crippen molar-refractivity contribution in [1.82, 2.24) is 14.0 Å². The van der Waals surface area contributed by atoms with Crippen LogP contribution < -0.4 is 11.0 Å². The highest BCUT2D eigenvalue weighted by atomic mass is 32.2. The first-order chi connectivity index (χ1) is 15.6. The number of amides is 3. The van der Waals surface area contributed by atoms with Crippen molar-refractivity contribution in [3.05, 3.63) is 68.7 Å². The lowest BCUT2D eigenvalue weighted by Crippen LogP contribution is -2.36. The molecule has 8 nitrogen and oxygen atoms in total. The summed E-state index contributed by atoms with van der Waals surface area (Å²) in [6.07, 6.45) is 1.45. The fourth-order valence-corrected chi connectivity index (χ4v) is 4.20. The second-order valence-electron chi connectivity index (χ2n) is 7.19. The zero-order valence-corrected chi connectivity index (χ0v) is 18.0. The minimum Gasteiger partial charge on any atom is -0.322 e. The molecule has 0 spiro atoms. The van der Waals surface area contributed by atoms with E-state index in [4.69, 9.17) is 0 Å². The van der Waals surface area contributed by atoms with Crippen LogP contribution in [0, 0.1) is 17.5 Å². The maximum absolute atomic E-state index is 13.7. The first-order valence-electron chi connectivity index (χ1n) is 9.42. The zero-order chi connectivity index (χ0) is 24.0. The lowest BCUT2D eigenvalue weighted by atomic mass is 10.2. The number of aromatic nitrogens is 2. The quantitative estimate of drug-likeness (QED) is 0.462. The normalized spacial score (nSPS) is 15.2. The summed E-state index contributed by atoms with van der Waals surface area (Å²) in [5.41, 5.74) is 1.04. The fraction of sp³-hybridized carbons (Fsp3) is 0.143. The van der Waals surface area contributed by atoms with Crippen LogP contribution in [0.25, 0.3) is 17.1 Å². The average Bonchev–Trinajstić information content (AvgIpc) is 3.16. The molecule has 0 aliphatic carbocycles. The third kappa shape index (κ3) is 3.93. The molecule has 33 heavy (non-hydrogen) atoms. The largest absolute Gasteiger partial charge is 0.328 e. The molecular weight excluding hydrogens is 461 g/mol. The summed E-state index contributed by atoms with van der Waals surface area (Å²) < 4.78 is 43.0. The highest BCUT2D eigenvalue weighted by Gasteiger charge is 2.36. The van der Waals surface area contributed by atoms with Gasteiger partial charge in [0.05, 0.1) is 21.6 Å². The van der Waals surface area contributed by atoms with Gasteiger partial charge in [-0.25, -0.2) is 18.0 Å². The van der Waals surface area contributed by atoms with Crippen molar-refractivity contribution in [2.24, 2.45) is 14.1 Å². The molecule has 12 heteroatoms. The van der Waals surface area contributed by atoms with E-state index < -0.39 is 46.7 Å². The summed E-state index contributed by atoms with van der Waals surface area (Å²) in [5.74, 6) is -6.48. The van der Waals surface area contributed by atoms with E-state index in [1.807, 2.05) is 5.32 Å². The van der Waals surface area contributed by atoms with Crippen LogP contribution in [0.2, 0.25) is 0 Å². The number of fused-ring (bicyclic) bond motifs is 1. The van der Waals surface area contributed by atoms with Gasteiger partial charge in [0.1, 0.15) is 6.54 Å². The molecule has 1 aliphatic heterocycles. The van der Waals surface area contributed by atoms with Gasteiger partial charge in [-0.3, -0.25) is 28.4 Å². The van der Waals surface area contributed by atoms with Crippen molar-refractivity contribution in [2.75, 3.05) is 11.9 Å². The van der Waals surface area contributed by atoms with E-state index in [1.54, 1.807) is 32.3 Å². The molecule has 0 bridgehead atoms. The van der Waals surface area contributed by atoms with Gasteiger partial charge in [-0.1, -0.05) is 6.07 Å². The Kier molecular flexibility index (Phi) is 5.62. The summed E-state index contributed by atoms with van der Waals surface area (Å²) in [5, 5.41) is 1.29. The Hall–Kier alpha value is -3.80. The number of carbonyl (C=O) groups excluding carboxylic acids is 3. The maximum atomic E-state index is 13.7. The lowest BCUT2D eigenvalue weighted by Gasteiger charge is -2.13. The lowest BCUT2D eigenvalue weighted by molar-refractivity contribution is -0.127. The topological polar surface area (TPSA) is 93.4 Å². The van der Waals surface area contributed by atoms with Gasteiger partial charge in [0.2, 0.25) is 5.91 Å².